The standard InChI is InChI=1S/C13H18N4O2/c1-4-6-14-9(2)12-15-16-13(19-12)10-5-7-17(3)11(18)8-10/h5,7-9,14H,4,6H2,1-3H3. The molecule has 0 aliphatic rings. The Morgan fingerprint density at radius 2 is 2.26 bits per heavy atom. The highest BCUT2D eigenvalue weighted by atomic mass is 16.4. The smallest absolute Gasteiger partial charge is 0.251 e. The van der Waals surface area contributed by atoms with E-state index in [0.29, 0.717) is 17.3 Å². The number of pyridine rings is 1. The van der Waals surface area contributed by atoms with Gasteiger partial charge in [-0.1, -0.05) is 6.92 Å². The molecule has 1 N–H and O–H groups in total. The van der Waals surface area contributed by atoms with Gasteiger partial charge in [0, 0.05) is 24.9 Å². The zero-order valence-electron chi connectivity index (χ0n) is 11.4. The van der Waals surface area contributed by atoms with Gasteiger partial charge < -0.3 is 14.3 Å². The number of nitrogens with zero attached hydrogens (tertiary/aromatic N) is 3. The van der Waals surface area contributed by atoms with E-state index in [0.717, 1.165) is 13.0 Å². The minimum absolute atomic E-state index is 0.00717. The average Bonchev–Trinajstić information content (AvgIpc) is 2.89. The molecular formula is C13H18N4O2. The third kappa shape index (κ3) is 3.08. The Labute approximate surface area is 111 Å². The molecule has 102 valence electrons. The lowest BCUT2D eigenvalue weighted by Gasteiger charge is -2.07. The van der Waals surface area contributed by atoms with Crippen molar-refractivity contribution in [1.82, 2.24) is 20.1 Å². The molecule has 0 aliphatic heterocycles. The van der Waals surface area contributed by atoms with Gasteiger partial charge in [-0.3, -0.25) is 4.79 Å². The van der Waals surface area contributed by atoms with E-state index in [4.69, 9.17) is 4.42 Å². The molecule has 0 aromatic carbocycles. The number of aromatic nitrogens is 3. The normalized spacial score (nSPS) is 12.6. The summed E-state index contributed by atoms with van der Waals surface area (Å²) >= 11 is 0. The molecule has 1 atom stereocenters. The molecule has 0 radical (unpaired) electrons. The second kappa shape index (κ2) is 5.79. The molecule has 2 aromatic rings. The van der Waals surface area contributed by atoms with Crippen LogP contribution in [0.4, 0.5) is 0 Å². The van der Waals surface area contributed by atoms with Gasteiger partial charge >= 0.3 is 0 Å². The molecule has 6 heteroatoms. The molecule has 2 rings (SSSR count). The summed E-state index contributed by atoms with van der Waals surface area (Å²) in [5.41, 5.74) is 0.541. The lowest BCUT2D eigenvalue weighted by molar-refractivity contribution is 0.423. The highest BCUT2D eigenvalue weighted by Crippen LogP contribution is 2.18. The van der Waals surface area contributed by atoms with Gasteiger partial charge in [0.05, 0.1) is 6.04 Å². The number of hydrogen-bond acceptors (Lipinski definition) is 5. The van der Waals surface area contributed by atoms with E-state index in [1.165, 1.54) is 10.6 Å². The number of rotatable bonds is 5. The summed E-state index contributed by atoms with van der Waals surface area (Å²) in [7, 11) is 1.70. The third-order valence-corrected chi connectivity index (χ3v) is 2.86. The van der Waals surface area contributed by atoms with Gasteiger partial charge in [-0.2, -0.15) is 0 Å². The van der Waals surface area contributed by atoms with Crippen LogP contribution in [0.5, 0.6) is 0 Å². The van der Waals surface area contributed by atoms with Gasteiger partial charge in [-0.15, -0.1) is 10.2 Å². The topological polar surface area (TPSA) is 73.0 Å². The fourth-order valence-corrected chi connectivity index (χ4v) is 1.66. The summed E-state index contributed by atoms with van der Waals surface area (Å²) < 4.78 is 7.08. The van der Waals surface area contributed by atoms with Crippen molar-refractivity contribution in [2.45, 2.75) is 26.3 Å². The van der Waals surface area contributed by atoms with Gasteiger partial charge in [-0.05, 0) is 26.0 Å². The van der Waals surface area contributed by atoms with Gasteiger partial charge in [0.15, 0.2) is 0 Å². The molecule has 6 nitrogen and oxygen atoms in total. The quantitative estimate of drug-likeness (QED) is 0.884. The molecule has 0 aliphatic carbocycles. The van der Waals surface area contributed by atoms with Crippen molar-refractivity contribution in [2.24, 2.45) is 7.05 Å². The lowest BCUT2D eigenvalue weighted by atomic mass is 10.2. The Balaban J connectivity index is 2.20. The monoisotopic (exact) mass is 262 g/mol. The molecule has 0 saturated heterocycles. The maximum Gasteiger partial charge on any atom is 0.251 e. The van der Waals surface area contributed by atoms with Crippen molar-refractivity contribution < 1.29 is 4.42 Å². The largest absolute Gasteiger partial charge is 0.419 e. The Kier molecular flexibility index (Phi) is 4.11. The molecule has 0 fully saturated rings. The molecule has 2 heterocycles. The van der Waals surface area contributed by atoms with E-state index in [9.17, 15) is 4.79 Å². The van der Waals surface area contributed by atoms with Crippen LogP contribution >= 0.6 is 0 Å². The maximum absolute atomic E-state index is 11.6. The Morgan fingerprint density at radius 3 is 2.95 bits per heavy atom. The summed E-state index contributed by atoms with van der Waals surface area (Å²) in [6.45, 7) is 4.96. The fourth-order valence-electron chi connectivity index (χ4n) is 1.66. The zero-order chi connectivity index (χ0) is 13.8. The van der Waals surface area contributed by atoms with Crippen LogP contribution in [0.3, 0.4) is 0 Å². The van der Waals surface area contributed by atoms with Crippen LogP contribution in [0, 0.1) is 0 Å². The van der Waals surface area contributed by atoms with Crippen LogP contribution in [0.1, 0.15) is 32.2 Å². The van der Waals surface area contributed by atoms with Crippen LogP contribution in [0.25, 0.3) is 11.5 Å². The molecule has 1 unspecified atom stereocenters. The molecule has 0 amide bonds. The van der Waals surface area contributed by atoms with Crippen LogP contribution in [0.15, 0.2) is 27.5 Å². The van der Waals surface area contributed by atoms with Gasteiger partial charge in [0.2, 0.25) is 11.8 Å². The van der Waals surface area contributed by atoms with E-state index in [-0.39, 0.29) is 11.6 Å². The first-order valence-corrected chi connectivity index (χ1v) is 6.35. The first-order valence-electron chi connectivity index (χ1n) is 6.35. The Bertz CT molecular complexity index is 603. The molecule has 0 bridgehead atoms. The third-order valence-electron chi connectivity index (χ3n) is 2.86. The number of hydrogen-bond donors (Lipinski definition) is 1. The van der Waals surface area contributed by atoms with Crippen molar-refractivity contribution in [3.05, 3.63) is 34.6 Å². The van der Waals surface area contributed by atoms with Crippen molar-refractivity contribution >= 4 is 0 Å². The Hall–Kier alpha value is -1.95. The highest BCUT2D eigenvalue weighted by molar-refractivity contribution is 5.50. The fraction of sp³-hybridized carbons (Fsp3) is 0.462. The minimum Gasteiger partial charge on any atom is -0.419 e. The predicted molar refractivity (Wildman–Crippen MR) is 71.7 cm³/mol. The van der Waals surface area contributed by atoms with Crippen LogP contribution in [-0.4, -0.2) is 21.3 Å². The van der Waals surface area contributed by atoms with Crippen molar-refractivity contribution in [1.29, 1.82) is 0 Å². The van der Waals surface area contributed by atoms with E-state index >= 15 is 0 Å². The predicted octanol–water partition coefficient (Wildman–Crippen LogP) is 1.50. The summed E-state index contributed by atoms with van der Waals surface area (Å²) in [5, 5.41) is 11.3. The van der Waals surface area contributed by atoms with Gasteiger partial charge in [-0.25, -0.2) is 0 Å². The average molecular weight is 262 g/mol. The van der Waals surface area contributed by atoms with E-state index in [2.05, 4.69) is 22.4 Å². The lowest BCUT2D eigenvalue weighted by Crippen LogP contribution is -2.19. The van der Waals surface area contributed by atoms with Crippen LogP contribution in [-0.2, 0) is 7.05 Å². The minimum atomic E-state index is -0.102. The summed E-state index contributed by atoms with van der Waals surface area (Å²) in [4.78, 5) is 11.6. The van der Waals surface area contributed by atoms with E-state index in [1.807, 2.05) is 6.92 Å². The first-order chi connectivity index (χ1) is 9.11. The Morgan fingerprint density at radius 1 is 1.47 bits per heavy atom. The number of aryl methyl sites for hydroxylation is 1. The molecule has 0 spiro atoms. The van der Waals surface area contributed by atoms with Crippen LogP contribution < -0.4 is 10.9 Å². The first kappa shape index (κ1) is 13.5. The second-order valence-corrected chi connectivity index (χ2v) is 4.49. The summed E-state index contributed by atoms with van der Waals surface area (Å²) in [6.07, 6.45) is 2.72. The van der Waals surface area contributed by atoms with Crippen LogP contribution in [0.2, 0.25) is 0 Å². The molecular weight excluding hydrogens is 244 g/mol. The SMILES string of the molecule is CCCNC(C)c1nnc(-c2ccn(C)c(=O)c2)o1. The zero-order valence-corrected chi connectivity index (χ0v) is 11.4. The number of nitrogens with one attached hydrogen (secondary N) is 1. The molecule has 2 aromatic heterocycles. The van der Waals surface area contributed by atoms with Crippen molar-refractivity contribution in [3.63, 3.8) is 0 Å². The summed E-state index contributed by atoms with van der Waals surface area (Å²) in [5.74, 6) is 0.905. The van der Waals surface area contributed by atoms with E-state index < -0.39 is 0 Å². The van der Waals surface area contributed by atoms with Crippen molar-refractivity contribution in [2.75, 3.05) is 6.54 Å². The van der Waals surface area contributed by atoms with Crippen molar-refractivity contribution in [3.8, 4) is 11.5 Å². The second-order valence-electron chi connectivity index (χ2n) is 4.49. The summed E-state index contributed by atoms with van der Waals surface area (Å²) in [6, 6.07) is 3.28. The van der Waals surface area contributed by atoms with E-state index in [1.54, 1.807) is 19.3 Å². The highest BCUT2D eigenvalue weighted by Gasteiger charge is 2.14. The maximum atomic E-state index is 11.6. The molecule has 0 saturated carbocycles. The van der Waals surface area contributed by atoms with Gasteiger partial charge in [0.1, 0.15) is 0 Å². The van der Waals surface area contributed by atoms with Gasteiger partial charge in [0.25, 0.3) is 5.56 Å². The molecule has 19 heavy (non-hydrogen) atoms.